The number of amidine groups is 1. The summed E-state index contributed by atoms with van der Waals surface area (Å²) in [6, 6.07) is 27.2. The highest BCUT2D eigenvalue weighted by atomic mass is 16.2. The van der Waals surface area contributed by atoms with E-state index in [4.69, 9.17) is 11.1 Å². The number of nitrogen functional groups attached to an aromatic ring is 1. The van der Waals surface area contributed by atoms with Crippen LogP contribution in [-0.2, 0) is 29.0 Å². The maximum atomic E-state index is 13.2. The predicted octanol–water partition coefficient (Wildman–Crippen LogP) is 4.02. The van der Waals surface area contributed by atoms with E-state index in [1.165, 1.54) is 11.1 Å². The van der Waals surface area contributed by atoms with Crippen LogP contribution in [0.2, 0.25) is 0 Å². The van der Waals surface area contributed by atoms with Gasteiger partial charge in [-0.25, -0.2) is 0 Å². The number of nitrogens with one attached hydrogen (secondary N) is 3. The van der Waals surface area contributed by atoms with Gasteiger partial charge in [0.1, 0.15) is 5.84 Å². The van der Waals surface area contributed by atoms with Crippen molar-refractivity contribution in [3.63, 3.8) is 0 Å². The monoisotopic (exact) mass is 484 g/mol. The standard InChI is InChI=1S/C30H36N4O2/c1-22(30(36)34-21-25-12-15-26(16-13-25)29(31)32)20-28(35)27(17-14-23-8-4-2-5-9-23)33-19-18-24-10-6-3-7-11-24/h2-13,15-16,22,27,33H,14,17-21H2,1H3,(H3,31,32)(H,34,36)/t22-,27-/m1/s1. The summed E-state index contributed by atoms with van der Waals surface area (Å²) in [6.07, 6.45) is 2.52. The lowest BCUT2D eigenvalue weighted by molar-refractivity contribution is -0.129. The summed E-state index contributed by atoms with van der Waals surface area (Å²) < 4.78 is 0. The van der Waals surface area contributed by atoms with Gasteiger partial charge in [-0.1, -0.05) is 91.9 Å². The second-order valence-electron chi connectivity index (χ2n) is 9.17. The molecule has 2 atom stereocenters. The molecule has 6 heteroatoms. The number of rotatable bonds is 14. The molecular weight excluding hydrogens is 448 g/mol. The van der Waals surface area contributed by atoms with Crippen LogP contribution in [0, 0.1) is 11.3 Å². The normalized spacial score (nSPS) is 12.5. The lowest BCUT2D eigenvalue weighted by Gasteiger charge is -2.20. The Morgan fingerprint density at radius 3 is 2.00 bits per heavy atom. The summed E-state index contributed by atoms with van der Waals surface area (Å²) in [5, 5.41) is 13.8. The molecule has 0 aromatic heterocycles. The minimum absolute atomic E-state index is 0.0110. The van der Waals surface area contributed by atoms with Gasteiger partial charge < -0.3 is 16.4 Å². The van der Waals surface area contributed by atoms with Gasteiger partial charge in [-0.15, -0.1) is 0 Å². The molecule has 0 fully saturated rings. The lowest BCUT2D eigenvalue weighted by atomic mass is 9.95. The fraction of sp³-hybridized carbons (Fsp3) is 0.300. The van der Waals surface area contributed by atoms with Crippen molar-refractivity contribution in [2.45, 2.75) is 45.2 Å². The largest absolute Gasteiger partial charge is 0.384 e. The molecule has 0 aliphatic carbocycles. The highest BCUT2D eigenvalue weighted by Crippen LogP contribution is 2.12. The minimum Gasteiger partial charge on any atom is -0.384 e. The number of nitrogens with two attached hydrogens (primary N) is 1. The van der Waals surface area contributed by atoms with Crippen molar-refractivity contribution in [2.75, 3.05) is 6.54 Å². The molecule has 3 aromatic carbocycles. The summed E-state index contributed by atoms with van der Waals surface area (Å²) in [6.45, 7) is 2.86. The van der Waals surface area contributed by atoms with Gasteiger partial charge in [-0.2, -0.15) is 0 Å². The average molecular weight is 485 g/mol. The van der Waals surface area contributed by atoms with E-state index in [1.54, 1.807) is 19.1 Å². The van der Waals surface area contributed by atoms with Gasteiger partial charge in [-0.05, 0) is 42.5 Å². The van der Waals surface area contributed by atoms with E-state index in [-0.39, 0.29) is 30.0 Å². The van der Waals surface area contributed by atoms with Crippen molar-refractivity contribution in [2.24, 2.45) is 11.7 Å². The number of amides is 1. The molecule has 0 heterocycles. The van der Waals surface area contributed by atoms with Crippen LogP contribution < -0.4 is 16.4 Å². The van der Waals surface area contributed by atoms with Crippen LogP contribution in [0.4, 0.5) is 0 Å². The molecule has 0 saturated heterocycles. The van der Waals surface area contributed by atoms with Crippen LogP contribution in [0.3, 0.4) is 0 Å². The van der Waals surface area contributed by atoms with Crippen LogP contribution in [0.5, 0.6) is 0 Å². The van der Waals surface area contributed by atoms with Crippen molar-refractivity contribution in [1.82, 2.24) is 10.6 Å². The Kier molecular flexibility index (Phi) is 10.4. The molecule has 0 aliphatic heterocycles. The highest BCUT2D eigenvalue weighted by Gasteiger charge is 2.23. The first-order chi connectivity index (χ1) is 17.4. The van der Waals surface area contributed by atoms with Crippen LogP contribution >= 0.6 is 0 Å². The van der Waals surface area contributed by atoms with Crippen LogP contribution in [0.15, 0.2) is 84.9 Å². The van der Waals surface area contributed by atoms with Crippen molar-refractivity contribution in [3.05, 3.63) is 107 Å². The quantitative estimate of drug-likeness (QED) is 0.205. The molecular formula is C30H36N4O2. The minimum atomic E-state index is -0.427. The van der Waals surface area contributed by atoms with Crippen LogP contribution in [0.25, 0.3) is 0 Å². The van der Waals surface area contributed by atoms with Crippen molar-refractivity contribution in [1.29, 1.82) is 5.41 Å². The molecule has 0 unspecified atom stereocenters. The maximum absolute atomic E-state index is 13.2. The SMILES string of the molecule is C[C@H](CC(=O)[C@@H](CCc1ccccc1)NCCc1ccccc1)C(=O)NCc1ccc(C(=N)N)cc1. The van der Waals surface area contributed by atoms with E-state index in [0.717, 1.165) is 18.4 Å². The summed E-state index contributed by atoms with van der Waals surface area (Å²) in [7, 11) is 0. The Labute approximate surface area is 213 Å². The molecule has 0 spiro atoms. The summed E-state index contributed by atoms with van der Waals surface area (Å²) in [4.78, 5) is 25.9. The summed E-state index contributed by atoms with van der Waals surface area (Å²) in [5.41, 5.74) is 9.46. The molecule has 6 nitrogen and oxygen atoms in total. The summed E-state index contributed by atoms with van der Waals surface area (Å²) in [5.74, 6) is -0.501. The first kappa shape index (κ1) is 26.8. The summed E-state index contributed by atoms with van der Waals surface area (Å²) >= 11 is 0. The van der Waals surface area contributed by atoms with Crippen molar-refractivity contribution in [3.8, 4) is 0 Å². The third-order valence-electron chi connectivity index (χ3n) is 6.29. The Morgan fingerprint density at radius 1 is 0.833 bits per heavy atom. The second kappa shape index (κ2) is 14.0. The molecule has 0 bridgehead atoms. The fourth-order valence-electron chi connectivity index (χ4n) is 4.07. The number of carbonyl (C=O) groups excluding carboxylic acids is 2. The van der Waals surface area contributed by atoms with Crippen molar-refractivity contribution < 1.29 is 9.59 Å². The van der Waals surface area contributed by atoms with E-state index in [9.17, 15) is 9.59 Å². The first-order valence-corrected chi connectivity index (χ1v) is 12.5. The highest BCUT2D eigenvalue weighted by molar-refractivity contribution is 5.94. The zero-order valence-electron chi connectivity index (χ0n) is 20.9. The van der Waals surface area contributed by atoms with Crippen molar-refractivity contribution >= 4 is 17.5 Å². The number of carbonyl (C=O) groups is 2. The molecule has 36 heavy (non-hydrogen) atoms. The Balaban J connectivity index is 1.53. The van der Waals surface area contributed by atoms with Crippen LogP contribution in [-0.4, -0.2) is 30.1 Å². The van der Waals surface area contributed by atoms with E-state index in [0.29, 0.717) is 25.1 Å². The number of benzene rings is 3. The van der Waals surface area contributed by atoms with Gasteiger partial charge in [0.2, 0.25) is 5.91 Å². The average Bonchev–Trinajstić information content (AvgIpc) is 2.90. The Hall–Kier alpha value is -3.77. The zero-order valence-corrected chi connectivity index (χ0v) is 20.9. The topological polar surface area (TPSA) is 108 Å². The third-order valence-corrected chi connectivity index (χ3v) is 6.29. The molecule has 188 valence electrons. The molecule has 0 aliphatic rings. The molecule has 5 N–H and O–H groups in total. The van der Waals surface area contributed by atoms with Gasteiger partial charge in [0.15, 0.2) is 5.78 Å². The number of hydrogen-bond donors (Lipinski definition) is 4. The van der Waals surface area contributed by atoms with E-state index < -0.39 is 5.92 Å². The number of Topliss-reactive ketones (excluding diaryl/α,β-unsaturated/α-hetero) is 1. The molecule has 1 amide bonds. The molecule has 0 radical (unpaired) electrons. The van der Waals surface area contributed by atoms with Gasteiger partial charge in [-0.3, -0.25) is 15.0 Å². The van der Waals surface area contributed by atoms with Gasteiger partial charge in [0.05, 0.1) is 6.04 Å². The smallest absolute Gasteiger partial charge is 0.223 e. The lowest BCUT2D eigenvalue weighted by Crippen LogP contribution is -2.40. The fourth-order valence-corrected chi connectivity index (χ4v) is 4.07. The predicted molar refractivity (Wildman–Crippen MR) is 145 cm³/mol. The van der Waals surface area contributed by atoms with Crippen LogP contribution in [0.1, 0.15) is 42.0 Å². The zero-order chi connectivity index (χ0) is 25.8. The van der Waals surface area contributed by atoms with E-state index in [2.05, 4.69) is 34.9 Å². The van der Waals surface area contributed by atoms with Gasteiger partial charge in [0, 0.05) is 24.4 Å². The van der Waals surface area contributed by atoms with E-state index in [1.807, 2.05) is 48.5 Å². The first-order valence-electron chi connectivity index (χ1n) is 12.5. The molecule has 3 aromatic rings. The Morgan fingerprint density at radius 2 is 1.42 bits per heavy atom. The molecule has 3 rings (SSSR count). The second-order valence-corrected chi connectivity index (χ2v) is 9.17. The van der Waals surface area contributed by atoms with Gasteiger partial charge >= 0.3 is 0 Å². The Bertz CT molecular complexity index is 1110. The maximum Gasteiger partial charge on any atom is 0.223 e. The van der Waals surface area contributed by atoms with E-state index >= 15 is 0 Å². The van der Waals surface area contributed by atoms with Gasteiger partial charge in [0.25, 0.3) is 0 Å². The molecule has 0 saturated carbocycles. The third kappa shape index (κ3) is 8.78. The number of ketones is 1. The number of hydrogen-bond acceptors (Lipinski definition) is 4. The number of aryl methyl sites for hydroxylation is 1.